The van der Waals surface area contributed by atoms with Crippen molar-refractivity contribution in [2.75, 3.05) is 6.54 Å². The van der Waals surface area contributed by atoms with E-state index in [0.29, 0.717) is 12.0 Å². The van der Waals surface area contributed by atoms with Gasteiger partial charge in [0.15, 0.2) is 0 Å². The zero-order valence-corrected chi connectivity index (χ0v) is 10.9. The summed E-state index contributed by atoms with van der Waals surface area (Å²) < 4.78 is 0. The van der Waals surface area contributed by atoms with Crippen molar-refractivity contribution in [2.24, 2.45) is 11.7 Å². The fourth-order valence-electron chi connectivity index (χ4n) is 2.45. The second kappa shape index (κ2) is 5.80. The first-order valence-corrected chi connectivity index (χ1v) is 7.09. The molecule has 0 saturated heterocycles. The predicted octanol–water partition coefficient (Wildman–Crippen LogP) is 2.66. The van der Waals surface area contributed by atoms with Crippen molar-refractivity contribution in [3.8, 4) is 0 Å². The quantitative estimate of drug-likeness (QED) is 0.846. The lowest BCUT2D eigenvalue weighted by atomic mass is 9.85. The molecule has 2 rings (SSSR count). The van der Waals surface area contributed by atoms with Crippen molar-refractivity contribution >= 4 is 11.3 Å². The number of aryl methyl sites for hydroxylation is 1. The Morgan fingerprint density at radius 1 is 1.38 bits per heavy atom. The van der Waals surface area contributed by atoms with Crippen molar-refractivity contribution in [3.05, 3.63) is 21.9 Å². The molecule has 90 valence electrons. The Labute approximate surface area is 102 Å². The number of nitrogens with two attached hydrogens (primary N) is 1. The van der Waals surface area contributed by atoms with Crippen LogP contribution < -0.4 is 11.1 Å². The Balaban J connectivity index is 1.71. The smallest absolute Gasteiger partial charge is 0.0299 e. The molecule has 16 heavy (non-hydrogen) atoms. The van der Waals surface area contributed by atoms with E-state index in [2.05, 4.69) is 24.4 Å². The summed E-state index contributed by atoms with van der Waals surface area (Å²) in [4.78, 5) is 2.83. The summed E-state index contributed by atoms with van der Waals surface area (Å²) in [5, 5.41) is 3.55. The maximum Gasteiger partial charge on any atom is 0.0299 e. The molecule has 0 radical (unpaired) electrons. The molecule has 1 saturated carbocycles. The highest BCUT2D eigenvalue weighted by molar-refractivity contribution is 7.11. The summed E-state index contributed by atoms with van der Waals surface area (Å²) in [6, 6.07) is 4.83. The fourth-order valence-corrected chi connectivity index (χ4v) is 3.31. The van der Waals surface area contributed by atoms with E-state index < -0.39 is 0 Å². The number of thiophene rings is 1. The summed E-state index contributed by atoms with van der Waals surface area (Å²) in [7, 11) is 0. The van der Waals surface area contributed by atoms with E-state index in [1.165, 1.54) is 35.4 Å². The first-order valence-electron chi connectivity index (χ1n) is 6.27. The van der Waals surface area contributed by atoms with Gasteiger partial charge in [-0.3, -0.25) is 0 Å². The highest BCUT2D eigenvalue weighted by Gasteiger charge is 2.20. The second-order valence-corrected chi connectivity index (χ2v) is 6.22. The van der Waals surface area contributed by atoms with Crippen LogP contribution in [0.3, 0.4) is 0 Å². The Kier molecular flexibility index (Phi) is 4.38. The average molecular weight is 238 g/mol. The van der Waals surface area contributed by atoms with Gasteiger partial charge in [0, 0.05) is 22.3 Å². The standard InChI is InChI=1S/C13H22N2S/c1-10-6-7-12(16-10)9-15-8-11-4-2-3-5-13(11)14/h6-7,11,13,15H,2-5,8-9,14H2,1H3. The summed E-state index contributed by atoms with van der Waals surface area (Å²) in [5.41, 5.74) is 6.13. The van der Waals surface area contributed by atoms with Gasteiger partial charge in [0.05, 0.1) is 0 Å². The lowest BCUT2D eigenvalue weighted by molar-refractivity contribution is 0.296. The molecule has 2 nitrogen and oxygen atoms in total. The molecular formula is C13H22N2S. The topological polar surface area (TPSA) is 38.0 Å². The van der Waals surface area contributed by atoms with Gasteiger partial charge >= 0.3 is 0 Å². The number of rotatable bonds is 4. The van der Waals surface area contributed by atoms with E-state index in [0.717, 1.165) is 13.1 Å². The molecule has 3 heteroatoms. The summed E-state index contributed by atoms with van der Waals surface area (Å²) in [6.45, 7) is 4.24. The van der Waals surface area contributed by atoms with E-state index in [9.17, 15) is 0 Å². The SMILES string of the molecule is Cc1ccc(CNCC2CCCCC2N)s1. The van der Waals surface area contributed by atoms with Crippen molar-refractivity contribution in [3.63, 3.8) is 0 Å². The molecule has 0 amide bonds. The molecule has 2 atom stereocenters. The fraction of sp³-hybridized carbons (Fsp3) is 0.692. The Hall–Kier alpha value is -0.380. The van der Waals surface area contributed by atoms with E-state index in [1.54, 1.807) is 0 Å². The Bertz CT molecular complexity index is 321. The van der Waals surface area contributed by atoms with E-state index in [1.807, 2.05) is 11.3 Å². The molecule has 3 N–H and O–H groups in total. The van der Waals surface area contributed by atoms with Crippen molar-refractivity contribution in [1.29, 1.82) is 0 Å². The summed E-state index contributed by atoms with van der Waals surface area (Å²) in [5.74, 6) is 0.690. The first-order chi connectivity index (χ1) is 7.75. The zero-order valence-electron chi connectivity index (χ0n) is 10.0. The highest BCUT2D eigenvalue weighted by atomic mass is 32.1. The molecule has 2 unspecified atom stereocenters. The molecular weight excluding hydrogens is 216 g/mol. The van der Waals surface area contributed by atoms with Crippen LogP contribution in [0.15, 0.2) is 12.1 Å². The number of hydrogen-bond acceptors (Lipinski definition) is 3. The van der Waals surface area contributed by atoms with Gasteiger partial charge in [-0.25, -0.2) is 0 Å². The molecule has 0 aromatic carbocycles. The van der Waals surface area contributed by atoms with Gasteiger partial charge in [0.2, 0.25) is 0 Å². The van der Waals surface area contributed by atoms with Gasteiger partial charge in [-0.15, -0.1) is 11.3 Å². The maximum absolute atomic E-state index is 6.13. The minimum atomic E-state index is 0.423. The lowest BCUT2D eigenvalue weighted by Crippen LogP contribution is -2.39. The van der Waals surface area contributed by atoms with Crippen LogP contribution in [-0.4, -0.2) is 12.6 Å². The van der Waals surface area contributed by atoms with Crippen molar-refractivity contribution < 1.29 is 0 Å². The third-order valence-corrected chi connectivity index (χ3v) is 4.47. The summed E-state index contributed by atoms with van der Waals surface area (Å²) >= 11 is 1.88. The van der Waals surface area contributed by atoms with Crippen LogP contribution in [-0.2, 0) is 6.54 Å². The van der Waals surface area contributed by atoms with Crippen LogP contribution in [0, 0.1) is 12.8 Å². The largest absolute Gasteiger partial charge is 0.327 e. The Morgan fingerprint density at radius 3 is 2.88 bits per heavy atom. The van der Waals surface area contributed by atoms with Crippen LogP contribution in [0.2, 0.25) is 0 Å². The third kappa shape index (κ3) is 3.30. The van der Waals surface area contributed by atoms with E-state index in [4.69, 9.17) is 5.73 Å². The third-order valence-electron chi connectivity index (χ3n) is 3.47. The molecule has 1 aromatic rings. The van der Waals surface area contributed by atoms with Gasteiger partial charge in [-0.1, -0.05) is 12.8 Å². The molecule has 1 aliphatic carbocycles. The van der Waals surface area contributed by atoms with Crippen molar-refractivity contribution in [2.45, 2.75) is 45.2 Å². The molecule has 1 aliphatic rings. The maximum atomic E-state index is 6.13. The van der Waals surface area contributed by atoms with Crippen LogP contribution in [0.5, 0.6) is 0 Å². The zero-order chi connectivity index (χ0) is 11.4. The van der Waals surface area contributed by atoms with E-state index in [-0.39, 0.29) is 0 Å². The van der Waals surface area contributed by atoms with Gasteiger partial charge in [-0.05, 0) is 44.4 Å². The van der Waals surface area contributed by atoms with Gasteiger partial charge in [-0.2, -0.15) is 0 Å². The molecule has 0 spiro atoms. The van der Waals surface area contributed by atoms with Crippen LogP contribution in [0.25, 0.3) is 0 Å². The minimum Gasteiger partial charge on any atom is -0.327 e. The lowest BCUT2D eigenvalue weighted by Gasteiger charge is -2.28. The van der Waals surface area contributed by atoms with Gasteiger partial charge < -0.3 is 11.1 Å². The van der Waals surface area contributed by atoms with E-state index >= 15 is 0 Å². The molecule has 1 fully saturated rings. The average Bonchev–Trinajstić information content (AvgIpc) is 2.67. The molecule has 1 aromatic heterocycles. The van der Waals surface area contributed by atoms with Crippen LogP contribution in [0.1, 0.15) is 35.4 Å². The van der Waals surface area contributed by atoms with Crippen LogP contribution >= 0.6 is 11.3 Å². The summed E-state index contributed by atoms with van der Waals surface area (Å²) in [6.07, 6.45) is 5.20. The number of hydrogen-bond donors (Lipinski definition) is 2. The van der Waals surface area contributed by atoms with Gasteiger partial charge in [0.25, 0.3) is 0 Å². The minimum absolute atomic E-state index is 0.423. The monoisotopic (exact) mass is 238 g/mol. The van der Waals surface area contributed by atoms with Gasteiger partial charge in [0.1, 0.15) is 0 Å². The molecule has 1 heterocycles. The normalized spacial score (nSPS) is 25.9. The second-order valence-electron chi connectivity index (χ2n) is 4.85. The molecule has 0 aliphatic heterocycles. The number of nitrogens with one attached hydrogen (secondary N) is 1. The first kappa shape index (κ1) is 12.1. The Morgan fingerprint density at radius 2 is 2.19 bits per heavy atom. The predicted molar refractivity (Wildman–Crippen MR) is 70.7 cm³/mol. The van der Waals surface area contributed by atoms with Crippen LogP contribution in [0.4, 0.5) is 0 Å². The highest BCUT2D eigenvalue weighted by Crippen LogP contribution is 2.22. The molecule has 0 bridgehead atoms. The van der Waals surface area contributed by atoms with Crippen molar-refractivity contribution in [1.82, 2.24) is 5.32 Å².